The molecule has 0 amide bonds. The van der Waals surface area contributed by atoms with Crippen molar-refractivity contribution >= 4 is 18.4 Å². The quantitative estimate of drug-likeness (QED) is 0.688. The van der Waals surface area contributed by atoms with Gasteiger partial charge in [0.2, 0.25) is 4.77 Å². The molecule has 2 aromatic rings. The number of H-pyrrole nitrogens is 1. The molecule has 1 N–H and O–H groups in total. The Labute approximate surface area is 115 Å². The van der Waals surface area contributed by atoms with E-state index in [-0.39, 0.29) is 6.10 Å². The van der Waals surface area contributed by atoms with Gasteiger partial charge in [-0.15, -0.1) is 0 Å². The van der Waals surface area contributed by atoms with Crippen LogP contribution < -0.4 is 0 Å². The molecule has 0 radical (unpaired) electrons. The molecule has 0 aromatic carbocycles. The normalized spacial score (nSPS) is 19.3. The van der Waals surface area contributed by atoms with Gasteiger partial charge in [0.05, 0.1) is 6.21 Å². The van der Waals surface area contributed by atoms with Crippen LogP contribution in [0.25, 0.3) is 0 Å². The van der Waals surface area contributed by atoms with E-state index in [1.165, 1.54) is 0 Å². The maximum absolute atomic E-state index is 5.61. The van der Waals surface area contributed by atoms with E-state index >= 15 is 0 Å². The molecule has 1 fully saturated rings. The minimum Gasteiger partial charge on any atom is -0.370 e. The van der Waals surface area contributed by atoms with Crippen LogP contribution in [0.2, 0.25) is 0 Å². The molecule has 7 heteroatoms. The monoisotopic (exact) mass is 275 g/mol. The second-order valence-electron chi connectivity index (χ2n) is 4.23. The molecule has 0 saturated carbocycles. The first kappa shape index (κ1) is 12.2. The maximum atomic E-state index is 5.61. The van der Waals surface area contributed by atoms with E-state index in [0.29, 0.717) is 4.77 Å². The number of pyridine rings is 1. The summed E-state index contributed by atoms with van der Waals surface area (Å²) in [5, 5.41) is 11.3. The van der Waals surface area contributed by atoms with Crippen molar-refractivity contribution in [2.24, 2.45) is 5.10 Å². The Balaban J connectivity index is 1.90. The second kappa shape index (κ2) is 5.41. The molecular formula is C12H13N5OS. The zero-order valence-corrected chi connectivity index (χ0v) is 11.0. The zero-order chi connectivity index (χ0) is 13.1. The first-order valence-electron chi connectivity index (χ1n) is 6.08. The van der Waals surface area contributed by atoms with Gasteiger partial charge in [-0.25, -0.2) is 0 Å². The maximum Gasteiger partial charge on any atom is 0.216 e. The predicted octanol–water partition coefficient (Wildman–Crippen LogP) is 2.07. The van der Waals surface area contributed by atoms with Crippen LogP contribution in [0.4, 0.5) is 0 Å². The predicted molar refractivity (Wildman–Crippen MR) is 72.6 cm³/mol. The molecule has 19 heavy (non-hydrogen) atoms. The molecule has 3 rings (SSSR count). The molecule has 0 spiro atoms. The Morgan fingerprint density at radius 1 is 1.47 bits per heavy atom. The van der Waals surface area contributed by atoms with Crippen molar-refractivity contribution in [3.05, 3.63) is 40.7 Å². The zero-order valence-electron chi connectivity index (χ0n) is 10.2. The van der Waals surface area contributed by atoms with Gasteiger partial charge in [0.15, 0.2) is 5.82 Å². The third-order valence-corrected chi connectivity index (χ3v) is 3.19. The van der Waals surface area contributed by atoms with Gasteiger partial charge in [-0.2, -0.15) is 14.9 Å². The minimum atomic E-state index is -0.0254. The summed E-state index contributed by atoms with van der Waals surface area (Å²) in [5.74, 6) is 0.729. The van der Waals surface area contributed by atoms with Gasteiger partial charge in [-0.1, -0.05) is 0 Å². The van der Waals surface area contributed by atoms with Crippen LogP contribution >= 0.6 is 12.2 Å². The highest BCUT2D eigenvalue weighted by Gasteiger charge is 2.23. The topological polar surface area (TPSA) is 68.1 Å². The lowest BCUT2D eigenvalue weighted by Gasteiger charge is -2.07. The molecular weight excluding hydrogens is 262 g/mol. The average Bonchev–Trinajstić information content (AvgIpc) is 3.07. The van der Waals surface area contributed by atoms with E-state index in [2.05, 4.69) is 20.3 Å². The standard InChI is InChI=1S/C12H13N5OS/c19-12-16-15-11(10-2-1-7-18-10)17(12)14-8-9-3-5-13-6-4-9/h3-6,8,10H,1-2,7H2,(H,16,19)/b14-8-/t10-/m0/s1. The van der Waals surface area contributed by atoms with Crippen molar-refractivity contribution in [1.82, 2.24) is 19.9 Å². The van der Waals surface area contributed by atoms with Gasteiger partial charge in [-0.05, 0) is 42.8 Å². The minimum absolute atomic E-state index is 0.0254. The summed E-state index contributed by atoms with van der Waals surface area (Å²) in [6.07, 6.45) is 7.13. The number of aromatic nitrogens is 4. The Hall–Kier alpha value is -1.86. The van der Waals surface area contributed by atoms with Gasteiger partial charge in [0.1, 0.15) is 6.10 Å². The van der Waals surface area contributed by atoms with Gasteiger partial charge in [0, 0.05) is 19.0 Å². The van der Waals surface area contributed by atoms with E-state index < -0.39 is 0 Å². The van der Waals surface area contributed by atoms with Gasteiger partial charge in [-0.3, -0.25) is 10.1 Å². The number of aromatic amines is 1. The summed E-state index contributed by atoms with van der Waals surface area (Å²) in [6, 6.07) is 3.75. The lowest BCUT2D eigenvalue weighted by Crippen LogP contribution is -2.05. The highest BCUT2D eigenvalue weighted by Crippen LogP contribution is 2.26. The van der Waals surface area contributed by atoms with Crippen LogP contribution in [-0.2, 0) is 4.74 Å². The number of rotatable bonds is 3. The van der Waals surface area contributed by atoms with E-state index in [9.17, 15) is 0 Å². The van der Waals surface area contributed by atoms with Crippen molar-refractivity contribution in [3.63, 3.8) is 0 Å². The van der Waals surface area contributed by atoms with Crippen molar-refractivity contribution in [1.29, 1.82) is 0 Å². The fraction of sp³-hybridized carbons (Fsp3) is 0.333. The van der Waals surface area contributed by atoms with Crippen LogP contribution in [0.5, 0.6) is 0 Å². The Morgan fingerprint density at radius 3 is 3.05 bits per heavy atom. The molecule has 0 aliphatic carbocycles. The highest BCUT2D eigenvalue weighted by molar-refractivity contribution is 7.71. The number of nitrogens with one attached hydrogen (secondary N) is 1. The van der Waals surface area contributed by atoms with Crippen molar-refractivity contribution < 1.29 is 4.74 Å². The lowest BCUT2D eigenvalue weighted by atomic mass is 10.2. The van der Waals surface area contributed by atoms with Gasteiger partial charge < -0.3 is 4.74 Å². The highest BCUT2D eigenvalue weighted by atomic mass is 32.1. The molecule has 98 valence electrons. The first-order valence-corrected chi connectivity index (χ1v) is 6.49. The van der Waals surface area contributed by atoms with E-state index in [4.69, 9.17) is 17.0 Å². The number of hydrogen-bond donors (Lipinski definition) is 1. The molecule has 3 heterocycles. The fourth-order valence-electron chi connectivity index (χ4n) is 1.98. The molecule has 0 bridgehead atoms. The third kappa shape index (κ3) is 2.61. The molecule has 1 aliphatic rings. The number of nitrogens with zero attached hydrogens (tertiary/aromatic N) is 4. The lowest BCUT2D eigenvalue weighted by molar-refractivity contribution is 0.102. The van der Waals surface area contributed by atoms with Gasteiger partial charge >= 0.3 is 0 Å². The first-order chi connectivity index (χ1) is 9.34. The third-order valence-electron chi connectivity index (χ3n) is 2.92. The van der Waals surface area contributed by atoms with Gasteiger partial charge in [0.25, 0.3) is 0 Å². The molecule has 1 aliphatic heterocycles. The summed E-state index contributed by atoms with van der Waals surface area (Å²) in [6.45, 7) is 0.762. The van der Waals surface area contributed by atoms with Crippen LogP contribution in [0, 0.1) is 4.77 Å². The Morgan fingerprint density at radius 2 is 2.32 bits per heavy atom. The van der Waals surface area contributed by atoms with Crippen molar-refractivity contribution in [2.75, 3.05) is 6.61 Å². The largest absolute Gasteiger partial charge is 0.370 e. The van der Waals surface area contributed by atoms with Crippen LogP contribution in [0.3, 0.4) is 0 Å². The van der Waals surface area contributed by atoms with E-state index in [1.54, 1.807) is 23.3 Å². The van der Waals surface area contributed by atoms with Crippen molar-refractivity contribution in [2.45, 2.75) is 18.9 Å². The second-order valence-corrected chi connectivity index (χ2v) is 4.61. The Kier molecular flexibility index (Phi) is 3.47. The van der Waals surface area contributed by atoms with Crippen LogP contribution in [0.1, 0.15) is 30.3 Å². The summed E-state index contributed by atoms with van der Waals surface area (Å²) < 4.78 is 7.70. The van der Waals surface area contributed by atoms with E-state index in [0.717, 1.165) is 30.8 Å². The van der Waals surface area contributed by atoms with E-state index in [1.807, 2.05) is 12.1 Å². The molecule has 2 aromatic heterocycles. The smallest absolute Gasteiger partial charge is 0.216 e. The van der Waals surface area contributed by atoms with Crippen molar-refractivity contribution in [3.8, 4) is 0 Å². The summed E-state index contributed by atoms with van der Waals surface area (Å²) in [5.41, 5.74) is 0.955. The number of ether oxygens (including phenoxy) is 1. The molecule has 0 unspecified atom stereocenters. The number of hydrogen-bond acceptors (Lipinski definition) is 5. The summed E-state index contributed by atoms with van der Waals surface area (Å²) >= 11 is 5.19. The fourth-order valence-corrected chi connectivity index (χ4v) is 2.17. The van der Waals surface area contributed by atoms with Crippen LogP contribution in [-0.4, -0.2) is 32.7 Å². The SMILES string of the molecule is S=c1[nH]nc([C@@H]2CCCO2)n1/N=C\c1ccncc1. The summed E-state index contributed by atoms with van der Waals surface area (Å²) in [7, 11) is 0. The molecule has 1 saturated heterocycles. The Bertz CT molecular complexity index is 627. The average molecular weight is 275 g/mol. The summed E-state index contributed by atoms with van der Waals surface area (Å²) in [4.78, 5) is 3.96. The molecule has 6 nitrogen and oxygen atoms in total. The molecule has 1 atom stereocenters. The van der Waals surface area contributed by atoms with Crippen LogP contribution in [0.15, 0.2) is 29.6 Å².